The Kier molecular flexibility index (Phi) is 4.24. The molecule has 0 radical (unpaired) electrons. The zero-order valence-electron chi connectivity index (χ0n) is 12.9. The van der Waals surface area contributed by atoms with Gasteiger partial charge in [0.15, 0.2) is 0 Å². The minimum atomic E-state index is -0.0126. The molecule has 3 rings (SSSR count). The van der Waals surface area contributed by atoms with Crippen molar-refractivity contribution in [1.29, 1.82) is 0 Å². The van der Waals surface area contributed by atoms with Gasteiger partial charge < -0.3 is 14.2 Å². The largest absolute Gasteiger partial charge is 0.381 e. The van der Waals surface area contributed by atoms with Crippen LogP contribution in [0.3, 0.4) is 0 Å². The zero-order valence-corrected chi connectivity index (χ0v) is 12.9. The third kappa shape index (κ3) is 3.20. The number of hydrogen-bond donors (Lipinski definition) is 0. The van der Waals surface area contributed by atoms with Crippen molar-refractivity contribution in [2.75, 3.05) is 20.3 Å². The maximum absolute atomic E-state index is 12.6. The van der Waals surface area contributed by atoms with Crippen LogP contribution in [0.4, 0.5) is 0 Å². The minimum absolute atomic E-state index is 0.0126. The van der Waals surface area contributed by atoms with Gasteiger partial charge in [-0.15, -0.1) is 0 Å². The third-order valence-electron chi connectivity index (χ3n) is 3.96. The van der Waals surface area contributed by atoms with E-state index in [-0.39, 0.29) is 5.91 Å². The molecule has 1 amide bonds. The van der Waals surface area contributed by atoms with Crippen molar-refractivity contribution in [2.24, 2.45) is 0 Å². The van der Waals surface area contributed by atoms with E-state index in [0.29, 0.717) is 18.0 Å². The van der Waals surface area contributed by atoms with Gasteiger partial charge in [0.1, 0.15) is 11.5 Å². The number of nitrogens with zero attached hydrogens (tertiary/aromatic N) is 2. The Labute approximate surface area is 129 Å². The Morgan fingerprint density at radius 3 is 2.95 bits per heavy atom. The minimum Gasteiger partial charge on any atom is -0.381 e. The van der Waals surface area contributed by atoms with Crippen LogP contribution >= 0.6 is 0 Å². The lowest BCUT2D eigenvalue weighted by Crippen LogP contribution is -2.26. The fourth-order valence-electron chi connectivity index (χ4n) is 2.75. The number of ether oxygens (including phenoxy) is 1. The van der Waals surface area contributed by atoms with E-state index in [0.717, 1.165) is 31.1 Å². The van der Waals surface area contributed by atoms with Crippen LogP contribution in [0.1, 0.15) is 39.7 Å². The van der Waals surface area contributed by atoms with E-state index in [1.165, 1.54) is 5.56 Å². The number of carbonyl (C=O) groups is 1. The molecule has 2 aromatic rings. The second-order valence-electron chi connectivity index (χ2n) is 5.78. The average Bonchev–Trinajstić information content (AvgIpc) is 3.18. The van der Waals surface area contributed by atoms with Gasteiger partial charge in [-0.2, -0.15) is 0 Å². The summed E-state index contributed by atoms with van der Waals surface area (Å²) in [6.07, 6.45) is 1.02. The standard InChI is InChI=1S/C17H20N2O3/c1-12-8-16(18-22-12)10-19(2)17(20)14-5-3-4-13(9-14)15-6-7-21-11-15/h3-5,8-9,15H,6-7,10-11H2,1-2H3. The molecule has 0 saturated carbocycles. The summed E-state index contributed by atoms with van der Waals surface area (Å²) in [7, 11) is 1.78. The molecule has 1 aromatic heterocycles. The van der Waals surface area contributed by atoms with Gasteiger partial charge in [-0.25, -0.2) is 0 Å². The summed E-state index contributed by atoms with van der Waals surface area (Å²) in [6, 6.07) is 9.68. The third-order valence-corrected chi connectivity index (χ3v) is 3.96. The number of benzene rings is 1. The van der Waals surface area contributed by atoms with Crippen LogP contribution in [0.15, 0.2) is 34.9 Å². The Balaban J connectivity index is 1.72. The van der Waals surface area contributed by atoms with Crippen molar-refractivity contribution in [3.05, 3.63) is 52.9 Å². The van der Waals surface area contributed by atoms with E-state index in [1.807, 2.05) is 31.2 Å². The second kappa shape index (κ2) is 6.32. The van der Waals surface area contributed by atoms with E-state index in [1.54, 1.807) is 11.9 Å². The lowest BCUT2D eigenvalue weighted by molar-refractivity contribution is 0.0782. The molecule has 22 heavy (non-hydrogen) atoms. The second-order valence-corrected chi connectivity index (χ2v) is 5.78. The highest BCUT2D eigenvalue weighted by molar-refractivity contribution is 5.94. The van der Waals surface area contributed by atoms with Gasteiger partial charge in [-0.3, -0.25) is 4.79 Å². The first-order chi connectivity index (χ1) is 10.6. The number of aryl methyl sites for hydroxylation is 1. The molecule has 1 atom stereocenters. The van der Waals surface area contributed by atoms with Gasteiger partial charge in [0, 0.05) is 31.2 Å². The summed E-state index contributed by atoms with van der Waals surface area (Å²) in [6.45, 7) is 3.82. The fraction of sp³-hybridized carbons (Fsp3) is 0.412. The van der Waals surface area contributed by atoms with Gasteiger partial charge in [0.25, 0.3) is 5.91 Å². The van der Waals surface area contributed by atoms with E-state index < -0.39 is 0 Å². The smallest absolute Gasteiger partial charge is 0.253 e. The van der Waals surface area contributed by atoms with Gasteiger partial charge in [-0.1, -0.05) is 17.3 Å². The number of hydrogen-bond acceptors (Lipinski definition) is 4. The zero-order chi connectivity index (χ0) is 15.5. The molecule has 1 fully saturated rings. The summed E-state index contributed by atoms with van der Waals surface area (Å²) in [5.74, 6) is 1.14. The molecule has 5 heteroatoms. The predicted molar refractivity (Wildman–Crippen MR) is 81.7 cm³/mol. The lowest BCUT2D eigenvalue weighted by Gasteiger charge is -2.17. The lowest BCUT2D eigenvalue weighted by atomic mass is 9.96. The van der Waals surface area contributed by atoms with E-state index >= 15 is 0 Å². The van der Waals surface area contributed by atoms with Crippen molar-refractivity contribution in [2.45, 2.75) is 25.8 Å². The molecule has 1 aliphatic heterocycles. The van der Waals surface area contributed by atoms with Crippen molar-refractivity contribution in [3.8, 4) is 0 Å². The highest BCUT2D eigenvalue weighted by Gasteiger charge is 2.20. The first kappa shape index (κ1) is 14.8. The molecule has 0 aliphatic carbocycles. The molecule has 2 heterocycles. The number of carbonyl (C=O) groups excluding carboxylic acids is 1. The molecular formula is C17H20N2O3. The quantitative estimate of drug-likeness (QED) is 0.871. The molecule has 1 saturated heterocycles. The highest BCUT2D eigenvalue weighted by Crippen LogP contribution is 2.26. The molecule has 5 nitrogen and oxygen atoms in total. The van der Waals surface area contributed by atoms with Gasteiger partial charge in [0.2, 0.25) is 0 Å². The Morgan fingerprint density at radius 2 is 2.27 bits per heavy atom. The fourth-order valence-corrected chi connectivity index (χ4v) is 2.75. The van der Waals surface area contributed by atoms with Crippen molar-refractivity contribution in [1.82, 2.24) is 10.1 Å². The van der Waals surface area contributed by atoms with Crippen LogP contribution in [-0.4, -0.2) is 36.2 Å². The van der Waals surface area contributed by atoms with E-state index in [9.17, 15) is 4.79 Å². The molecule has 0 N–H and O–H groups in total. The van der Waals surface area contributed by atoms with Crippen molar-refractivity contribution >= 4 is 5.91 Å². The topological polar surface area (TPSA) is 55.6 Å². The molecule has 1 unspecified atom stereocenters. The van der Waals surface area contributed by atoms with Crippen LogP contribution in [0.2, 0.25) is 0 Å². The van der Waals surface area contributed by atoms with Crippen LogP contribution in [-0.2, 0) is 11.3 Å². The number of rotatable bonds is 4. The molecule has 0 bridgehead atoms. The van der Waals surface area contributed by atoms with Crippen LogP contribution in [0.25, 0.3) is 0 Å². The first-order valence-corrected chi connectivity index (χ1v) is 7.49. The Hall–Kier alpha value is -2.14. The normalized spacial score (nSPS) is 17.6. The summed E-state index contributed by atoms with van der Waals surface area (Å²) in [4.78, 5) is 14.2. The molecular weight excluding hydrogens is 280 g/mol. The van der Waals surface area contributed by atoms with E-state index in [2.05, 4.69) is 11.2 Å². The number of aromatic nitrogens is 1. The molecule has 0 spiro atoms. The maximum atomic E-state index is 12.6. The van der Waals surface area contributed by atoms with E-state index in [4.69, 9.17) is 9.26 Å². The van der Waals surface area contributed by atoms with Gasteiger partial charge in [-0.05, 0) is 31.0 Å². The highest BCUT2D eigenvalue weighted by atomic mass is 16.5. The summed E-state index contributed by atoms with van der Waals surface area (Å²) in [5.41, 5.74) is 2.63. The SMILES string of the molecule is Cc1cc(CN(C)C(=O)c2cccc(C3CCOC3)c2)no1. The summed E-state index contributed by atoms with van der Waals surface area (Å²) < 4.78 is 10.5. The monoisotopic (exact) mass is 300 g/mol. The summed E-state index contributed by atoms with van der Waals surface area (Å²) in [5, 5.41) is 3.93. The molecule has 1 aliphatic rings. The summed E-state index contributed by atoms with van der Waals surface area (Å²) >= 11 is 0. The van der Waals surface area contributed by atoms with Gasteiger partial charge >= 0.3 is 0 Å². The predicted octanol–water partition coefficient (Wildman–Crippen LogP) is 2.76. The van der Waals surface area contributed by atoms with Crippen LogP contribution in [0, 0.1) is 6.92 Å². The first-order valence-electron chi connectivity index (χ1n) is 7.49. The molecule has 1 aromatic carbocycles. The Morgan fingerprint density at radius 1 is 1.41 bits per heavy atom. The number of amides is 1. The maximum Gasteiger partial charge on any atom is 0.253 e. The van der Waals surface area contributed by atoms with Crippen molar-refractivity contribution < 1.29 is 14.1 Å². The van der Waals surface area contributed by atoms with Gasteiger partial charge in [0.05, 0.1) is 13.2 Å². The molecule has 116 valence electrons. The van der Waals surface area contributed by atoms with Crippen molar-refractivity contribution in [3.63, 3.8) is 0 Å². The average molecular weight is 300 g/mol. The van der Waals surface area contributed by atoms with Crippen LogP contribution < -0.4 is 0 Å². The Bertz CT molecular complexity index is 659. The van der Waals surface area contributed by atoms with Crippen LogP contribution in [0.5, 0.6) is 0 Å².